The summed E-state index contributed by atoms with van der Waals surface area (Å²) in [5, 5.41) is 12.4. The van der Waals surface area contributed by atoms with Gasteiger partial charge in [-0.15, -0.1) is 11.3 Å². The number of hydrogen-bond donors (Lipinski definition) is 3. The van der Waals surface area contributed by atoms with Crippen molar-refractivity contribution in [3.63, 3.8) is 0 Å². The first-order valence-electron chi connectivity index (χ1n) is 6.77. The van der Waals surface area contributed by atoms with E-state index in [2.05, 4.69) is 10.3 Å². The zero-order chi connectivity index (χ0) is 16.6. The molecule has 0 bridgehead atoms. The van der Waals surface area contributed by atoms with E-state index in [1.807, 2.05) is 37.3 Å². The number of pyridine rings is 1. The smallest absolute Gasteiger partial charge is 0.267 e. The minimum atomic E-state index is -0.308. The fraction of sp³-hybridized carbons (Fsp3) is 0.0625. The quantitative estimate of drug-likeness (QED) is 0.670. The Hall–Kier alpha value is -3.11. The summed E-state index contributed by atoms with van der Waals surface area (Å²) in [4.78, 5) is 17.5. The molecule has 6 nitrogen and oxygen atoms in total. The summed E-state index contributed by atoms with van der Waals surface area (Å²) in [7, 11) is 0. The van der Waals surface area contributed by atoms with Gasteiger partial charge in [0, 0.05) is 11.1 Å². The molecule has 0 unspecified atom stereocenters. The number of para-hydroxylation sites is 1. The zero-order valence-electron chi connectivity index (χ0n) is 12.3. The van der Waals surface area contributed by atoms with Crippen LogP contribution in [0.4, 0.5) is 17.2 Å². The number of fused-ring (bicyclic) bond motifs is 1. The first-order valence-corrected chi connectivity index (χ1v) is 7.58. The van der Waals surface area contributed by atoms with Crippen LogP contribution in [0.15, 0.2) is 30.3 Å². The molecule has 0 saturated carbocycles. The number of aryl methyl sites for hydroxylation is 1. The highest BCUT2D eigenvalue weighted by molar-refractivity contribution is 7.21. The number of anilines is 3. The number of nitrogens with two attached hydrogens (primary N) is 2. The van der Waals surface area contributed by atoms with E-state index in [1.54, 1.807) is 6.07 Å². The highest BCUT2D eigenvalue weighted by atomic mass is 32.1. The monoisotopic (exact) mass is 323 g/mol. The van der Waals surface area contributed by atoms with Crippen molar-refractivity contribution in [1.29, 1.82) is 5.26 Å². The van der Waals surface area contributed by atoms with Crippen LogP contribution in [0.3, 0.4) is 0 Å². The van der Waals surface area contributed by atoms with Crippen molar-refractivity contribution >= 4 is 44.7 Å². The minimum Gasteiger partial charge on any atom is -0.397 e. The predicted octanol–water partition coefficient (Wildman–Crippen LogP) is 2.89. The molecule has 1 aromatic carbocycles. The van der Waals surface area contributed by atoms with Crippen molar-refractivity contribution in [2.45, 2.75) is 6.92 Å². The highest BCUT2D eigenvalue weighted by Crippen LogP contribution is 2.34. The van der Waals surface area contributed by atoms with Gasteiger partial charge < -0.3 is 16.8 Å². The normalized spacial score (nSPS) is 10.4. The van der Waals surface area contributed by atoms with Gasteiger partial charge in [-0.25, -0.2) is 4.98 Å². The standard InChI is InChI=1S/C16H13N5OS/c1-8-4-2-3-5-11(8)20-15(22)13-12(18)10-6-9(7-17)14(19)21-16(10)23-13/h2-6H,18H2,1H3,(H2,19,21)(H,20,22). The van der Waals surface area contributed by atoms with Gasteiger partial charge in [0.05, 0.1) is 11.3 Å². The van der Waals surface area contributed by atoms with E-state index in [4.69, 9.17) is 16.7 Å². The summed E-state index contributed by atoms with van der Waals surface area (Å²) in [5.74, 6) is -0.177. The Morgan fingerprint density at radius 2 is 2.09 bits per heavy atom. The van der Waals surface area contributed by atoms with Crippen LogP contribution in [-0.2, 0) is 0 Å². The number of carbonyl (C=O) groups excluding carboxylic acids is 1. The molecule has 114 valence electrons. The molecule has 0 saturated heterocycles. The Balaban J connectivity index is 2.03. The second-order valence-corrected chi connectivity index (χ2v) is 6.00. The molecule has 2 aromatic heterocycles. The first-order chi connectivity index (χ1) is 11.0. The number of hydrogen-bond acceptors (Lipinski definition) is 6. The topological polar surface area (TPSA) is 118 Å². The van der Waals surface area contributed by atoms with Gasteiger partial charge in [0.1, 0.15) is 21.6 Å². The van der Waals surface area contributed by atoms with E-state index in [-0.39, 0.29) is 17.3 Å². The number of nitrogens with zero attached hydrogens (tertiary/aromatic N) is 2. The number of thiophene rings is 1. The van der Waals surface area contributed by atoms with Crippen LogP contribution in [-0.4, -0.2) is 10.9 Å². The van der Waals surface area contributed by atoms with Crippen LogP contribution < -0.4 is 16.8 Å². The number of rotatable bonds is 2. The third kappa shape index (κ3) is 2.56. The lowest BCUT2D eigenvalue weighted by atomic mass is 10.2. The van der Waals surface area contributed by atoms with E-state index in [9.17, 15) is 4.79 Å². The number of carbonyl (C=O) groups is 1. The molecule has 0 aliphatic carbocycles. The molecule has 5 N–H and O–H groups in total. The number of nitrogen functional groups attached to an aromatic ring is 2. The van der Waals surface area contributed by atoms with Crippen molar-refractivity contribution in [3.05, 3.63) is 46.3 Å². The average Bonchev–Trinajstić information content (AvgIpc) is 2.85. The number of aromatic nitrogens is 1. The van der Waals surface area contributed by atoms with E-state index in [0.717, 1.165) is 22.6 Å². The van der Waals surface area contributed by atoms with Gasteiger partial charge in [0.25, 0.3) is 5.91 Å². The molecule has 0 fully saturated rings. The van der Waals surface area contributed by atoms with Crippen LogP contribution in [0.2, 0.25) is 0 Å². The zero-order valence-corrected chi connectivity index (χ0v) is 13.1. The Bertz CT molecular complexity index is 970. The molecular formula is C16H13N5OS. The van der Waals surface area contributed by atoms with Gasteiger partial charge >= 0.3 is 0 Å². The van der Waals surface area contributed by atoms with Gasteiger partial charge in [-0.3, -0.25) is 4.79 Å². The molecule has 0 aliphatic heterocycles. The summed E-state index contributed by atoms with van der Waals surface area (Å²) in [6, 6.07) is 11.0. The lowest BCUT2D eigenvalue weighted by molar-refractivity contribution is 0.103. The van der Waals surface area contributed by atoms with Crippen LogP contribution in [0.5, 0.6) is 0 Å². The van der Waals surface area contributed by atoms with Gasteiger partial charge in [-0.1, -0.05) is 18.2 Å². The van der Waals surface area contributed by atoms with E-state index < -0.39 is 0 Å². The van der Waals surface area contributed by atoms with Gasteiger partial charge in [-0.05, 0) is 24.6 Å². The SMILES string of the molecule is Cc1ccccc1NC(=O)c1sc2nc(N)c(C#N)cc2c1N. The van der Waals surface area contributed by atoms with Crippen molar-refractivity contribution in [3.8, 4) is 6.07 Å². The molecule has 3 rings (SSSR count). The molecule has 0 spiro atoms. The second-order valence-electron chi connectivity index (χ2n) is 5.00. The molecule has 3 aromatic rings. The van der Waals surface area contributed by atoms with Crippen LogP contribution in [0.25, 0.3) is 10.2 Å². The molecular weight excluding hydrogens is 310 g/mol. The van der Waals surface area contributed by atoms with E-state index in [0.29, 0.717) is 20.8 Å². The van der Waals surface area contributed by atoms with Gasteiger partial charge in [0.2, 0.25) is 0 Å². The van der Waals surface area contributed by atoms with Crippen LogP contribution >= 0.6 is 11.3 Å². The Labute approximate surface area is 136 Å². The third-order valence-corrected chi connectivity index (χ3v) is 4.58. The molecule has 0 radical (unpaired) electrons. The van der Waals surface area contributed by atoms with Crippen molar-refractivity contribution in [1.82, 2.24) is 4.98 Å². The highest BCUT2D eigenvalue weighted by Gasteiger charge is 2.19. The number of amides is 1. The maximum atomic E-state index is 12.5. The van der Waals surface area contributed by atoms with E-state index in [1.165, 1.54) is 0 Å². The summed E-state index contributed by atoms with van der Waals surface area (Å²) in [5.41, 5.74) is 14.0. The fourth-order valence-electron chi connectivity index (χ4n) is 2.21. The third-order valence-electron chi connectivity index (χ3n) is 3.47. The predicted molar refractivity (Wildman–Crippen MR) is 92.3 cm³/mol. The fourth-order valence-corrected chi connectivity index (χ4v) is 3.18. The number of nitriles is 1. The van der Waals surface area contributed by atoms with Crippen LogP contribution in [0.1, 0.15) is 20.8 Å². The molecule has 2 heterocycles. The molecule has 7 heteroatoms. The van der Waals surface area contributed by atoms with E-state index >= 15 is 0 Å². The van der Waals surface area contributed by atoms with Gasteiger partial charge in [0.15, 0.2) is 0 Å². The Morgan fingerprint density at radius 3 is 2.78 bits per heavy atom. The largest absolute Gasteiger partial charge is 0.397 e. The summed E-state index contributed by atoms with van der Waals surface area (Å²) in [6.07, 6.45) is 0. The van der Waals surface area contributed by atoms with Gasteiger partial charge in [-0.2, -0.15) is 5.26 Å². The summed E-state index contributed by atoms with van der Waals surface area (Å²) >= 11 is 1.15. The Morgan fingerprint density at radius 1 is 1.35 bits per heavy atom. The molecule has 0 atom stereocenters. The van der Waals surface area contributed by atoms with Crippen LogP contribution in [0, 0.1) is 18.3 Å². The molecule has 0 aliphatic rings. The maximum Gasteiger partial charge on any atom is 0.267 e. The Kier molecular flexibility index (Phi) is 3.60. The number of nitrogens with one attached hydrogen (secondary N) is 1. The van der Waals surface area contributed by atoms with Crippen molar-refractivity contribution in [2.75, 3.05) is 16.8 Å². The second kappa shape index (κ2) is 5.59. The molecule has 23 heavy (non-hydrogen) atoms. The lowest BCUT2D eigenvalue weighted by Crippen LogP contribution is -2.12. The summed E-state index contributed by atoms with van der Waals surface area (Å²) in [6.45, 7) is 1.91. The van der Waals surface area contributed by atoms with Crippen molar-refractivity contribution < 1.29 is 4.79 Å². The maximum absolute atomic E-state index is 12.5. The first kappa shape index (κ1) is 14.8. The van der Waals surface area contributed by atoms with Crippen molar-refractivity contribution in [2.24, 2.45) is 0 Å². The summed E-state index contributed by atoms with van der Waals surface area (Å²) < 4.78 is 0. The number of benzene rings is 1. The molecule has 1 amide bonds. The minimum absolute atomic E-state index is 0.132. The lowest BCUT2D eigenvalue weighted by Gasteiger charge is -2.07. The average molecular weight is 323 g/mol.